The summed E-state index contributed by atoms with van der Waals surface area (Å²) in [4.78, 5) is 0. The third-order valence-corrected chi connectivity index (χ3v) is 16.7. The highest BCUT2D eigenvalue weighted by molar-refractivity contribution is 8.28. The first-order chi connectivity index (χ1) is 20.0. The molecule has 0 spiro atoms. The Morgan fingerprint density at radius 3 is 1.05 bits per heavy atom. The predicted molar refractivity (Wildman–Crippen MR) is 192 cm³/mol. The van der Waals surface area contributed by atoms with E-state index in [1.54, 1.807) is 21.7 Å². The summed E-state index contributed by atoms with van der Waals surface area (Å²) in [5, 5.41) is 3.51. The van der Waals surface area contributed by atoms with Crippen LogP contribution in [-0.4, -0.2) is 0 Å². The molecule has 42 heavy (non-hydrogen) atoms. The van der Waals surface area contributed by atoms with Gasteiger partial charge in [-0.05, 0) is 101 Å². The standard InChI is InChI=1S/C38H56N2P2/c1-13-29-30(14-2)36(16-4)41(35(29)15-3)42-39(37-31(25(5)6)19-17-20-32(37)26(7)8)23-24-40(42)38-33(27(9)10)21-18-22-34(38)28(11)12/h17-28H,13-16H2,1-12H3. The van der Waals surface area contributed by atoms with Gasteiger partial charge in [-0.25, -0.2) is 0 Å². The van der Waals surface area contributed by atoms with Gasteiger partial charge in [0.15, 0.2) is 7.91 Å². The van der Waals surface area contributed by atoms with Crippen LogP contribution in [0.15, 0.2) is 48.8 Å². The lowest BCUT2D eigenvalue weighted by molar-refractivity contribution is 0.833. The first kappa shape index (κ1) is 32.9. The van der Waals surface area contributed by atoms with Crippen LogP contribution in [0.4, 0.5) is 11.4 Å². The van der Waals surface area contributed by atoms with Crippen molar-refractivity contribution in [2.75, 3.05) is 9.34 Å². The molecule has 0 atom stereocenters. The Morgan fingerprint density at radius 2 is 0.810 bits per heavy atom. The second-order valence-electron chi connectivity index (χ2n) is 13.0. The molecule has 0 saturated heterocycles. The van der Waals surface area contributed by atoms with Gasteiger partial charge in [-0.15, -0.1) is 0 Å². The molecule has 228 valence electrons. The molecule has 0 aliphatic carbocycles. The molecule has 1 aliphatic heterocycles. The number of hydrogen-bond donors (Lipinski definition) is 0. The zero-order valence-electron chi connectivity index (χ0n) is 28.5. The van der Waals surface area contributed by atoms with E-state index in [0.29, 0.717) is 23.7 Å². The first-order valence-corrected chi connectivity index (χ1v) is 19.9. The summed E-state index contributed by atoms with van der Waals surface area (Å²) in [5.41, 5.74) is 12.2. The van der Waals surface area contributed by atoms with Crippen molar-refractivity contribution in [2.24, 2.45) is 0 Å². The highest BCUT2D eigenvalue weighted by Gasteiger charge is 2.40. The Bertz CT molecular complexity index is 1250. The summed E-state index contributed by atoms with van der Waals surface area (Å²) in [6.07, 6.45) is 9.52. The number of hydrogen-bond acceptors (Lipinski definition) is 2. The number of nitrogens with zero attached hydrogens (tertiary/aromatic N) is 2. The second-order valence-corrected chi connectivity index (χ2v) is 18.4. The Labute approximate surface area is 260 Å². The van der Waals surface area contributed by atoms with Crippen LogP contribution in [0.2, 0.25) is 0 Å². The lowest BCUT2D eigenvalue weighted by Gasteiger charge is -2.38. The van der Waals surface area contributed by atoms with Crippen LogP contribution < -0.4 is 9.34 Å². The number of para-hydroxylation sites is 2. The topological polar surface area (TPSA) is 6.48 Å². The molecule has 0 saturated carbocycles. The molecule has 4 heteroatoms. The summed E-state index contributed by atoms with van der Waals surface area (Å²) < 4.78 is 5.59. The van der Waals surface area contributed by atoms with Crippen molar-refractivity contribution in [3.63, 3.8) is 0 Å². The minimum atomic E-state index is -0.740. The second kappa shape index (κ2) is 13.7. The Kier molecular flexibility index (Phi) is 10.8. The summed E-state index contributed by atoms with van der Waals surface area (Å²) in [5.74, 6) is 1.85. The number of benzene rings is 2. The van der Waals surface area contributed by atoms with Crippen LogP contribution in [0.25, 0.3) is 0 Å². The number of rotatable bonds is 11. The molecule has 3 aromatic rings. The fourth-order valence-electron chi connectivity index (χ4n) is 6.97. The molecule has 0 amide bonds. The van der Waals surface area contributed by atoms with Crippen molar-refractivity contribution in [3.8, 4) is 0 Å². The molecule has 1 aliphatic rings. The Balaban J connectivity index is 2.15. The quantitative estimate of drug-likeness (QED) is 0.201. The number of anilines is 2. The van der Waals surface area contributed by atoms with Crippen LogP contribution in [-0.2, 0) is 25.7 Å². The molecule has 4 rings (SSSR count). The van der Waals surface area contributed by atoms with Crippen molar-refractivity contribution in [1.29, 1.82) is 0 Å². The monoisotopic (exact) mass is 602 g/mol. The van der Waals surface area contributed by atoms with E-state index < -0.39 is 15.1 Å². The minimum absolute atomic E-state index is 0.461. The predicted octanol–water partition coefficient (Wildman–Crippen LogP) is 13.0. The van der Waals surface area contributed by atoms with Gasteiger partial charge >= 0.3 is 0 Å². The molecular formula is C38H56N2P2. The third-order valence-electron chi connectivity index (χ3n) is 9.01. The smallest absolute Gasteiger partial charge is 0.156 e. The normalized spacial score (nSPS) is 14.2. The van der Waals surface area contributed by atoms with Crippen LogP contribution in [0, 0.1) is 0 Å². The van der Waals surface area contributed by atoms with Crippen molar-refractivity contribution >= 4 is 26.5 Å². The molecule has 2 nitrogen and oxygen atoms in total. The van der Waals surface area contributed by atoms with E-state index in [2.05, 4.69) is 141 Å². The zero-order chi connectivity index (χ0) is 30.9. The van der Waals surface area contributed by atoms with Crippen LogP contribution in [0.1, 0.15) is 151 Å². The van der Waals surface area contributed by atoms with Gasteiger partial charge in [0.05, 0.1) is 11.4 Å². The van der Waals surface area contributed by atoms with Gasteiger partial charge in [0.1, 0.15) is 0 Å². The molecule has 2 aromatic carbocycles. The van der Waals surface area contributed by atoms with E-state index in [1.807, 2.05) is 0 Å². The highest BCUT2D eigenvalue weighted by Crippen LogP contribution is 2.77. The SMILES string of the molecule is CCc1c(CC)c(CC)p(P2N(c3c(C(C)C)cccc3C(C)C)C=CN2c2c(C(C)C)cccc2C(C)C)c1CC. The van der Waals surface area contributed by atoms with Gasteiger partial charge in [0.2, 0.25) is 0 Å². The van der Waals surface area contributed by atoms with Gasteiger partial charge in [-0.1, -0.05) is 119 Å². The van der Waals surface area contributed by atoms with E-state index >= 15 is 0 Å². The minimum Gasteiger partial charge on any atom is -0.300 e. The third kappa shape index (κ3) is 5.76. The average molecular weight is 603 g/mol. The van der Waals surface area contributed by atoms with Crippen molar-refractivity contribution in [3.05, 3.63) is 92.8 Å². The molecule has 0 N–H and O–H groups in total. The lowest BCUT2D eigenvalue weighted by atomic mass is 9.92. The maximum Gasteiger partial charge on any atom is 0.156 e. The van der Waals surface area contributed by atoms with E-state index in [9.17, 15) is 0 Å². The van der Waals surface area contributed by atoms with Crippen LogP contribution in [0.3, 0.4) is 0 Å². The fourth-order valence-corrected chi connectivity index (χ4v) is 16.1. The maximum absolute atomic E-state index is 2.80. The van der Waals surface area contributed by atoms with Gasteiger partial charge in [-0.2, -0.15) is 0 Å². The zero-order valence-corrected chi connectivity index (χ0v) is 30.3. The molecular weight excluding hydrogens is 546 g/mol. The molecule has 0 radical (unpaired) electrons. The van der Waals surface area contributed by atoms with E-state index in [0.717, 1.165) is 25.7 Å². The summed E-state index contributed by atoms with van der Waals surface area (Å²) in [6.45, 7) is 28.6. The van der Waals surface area contributed by atoms with Crippen molar-refractivity contribution < 1.29 is 0 Å². The molecule has 2 heterocycles. The lowest BCUT2D eigenvalue weighted by Crippen LogP contribution is -2.18. The van der Waals surface area contributed by atoms with Gasteiger partial charge in [0, 0.05) is 12.4 Å². The van der Waals surface area contributed by atoms with E-state index in [1.165, 1.54) is 33.6 Å². The van der Waals surface area contributed by atoms with E-state index in [-0.39, 0.29) is 0 Å². The summed E-state index contributed by atoms with van der Waals surface area (Å²) in [7, 11) is -1.24. The summed E-state index contributed by atoms with van der Waals surface area (Å²) >= 11 is 0. The van der Waals surface area contributed by atoms with Gasteiger partial charge in [0.25, 0.3) is 0 Å². The first-order valence-electron chi connectivity index (χ1n) is 16.6. The highest BCUT2D eigenvalue weighted by atomic mass is 32.1. The van der Waals surface area contributed by atoms with Crippen LogP contribution in [0.5, 0.6) is 0 Å². The summed E-state index contributed by atoms with van der Waals surface area (Å²) in [6, 6.07) is 14.1. The Morgan fingerprint density at radius 1 is 0.500 bits per heavy atom. The Hall–Kier alpha value is -2.01. The molecule has 0 unspecified atom stereocenters. The van der Waals surface area contributed by atoms with Crippen molar-refractivity contribution in [2.45, 2.75) is 132 Å². The van der Waals surface area contributed by atoms with E-state index in [4.69, 9.17) is 0 Å². The van der Waals surface area contributed by atoms with Crippen molar-refractivity contribution in [1.82, 2.24) is 0 Å². The average Bonchev–Trinajstić information content (AvgIpc) is 3.53. The van der Waals surface area contributed by atoms with Gasteiger partial charge in [-0.3, -0.25) is 0 Å². The largest absolute Gasteiger partial charge is 0.300 e. The molecule has 1 aromatic heterocycles. The fraction of sp³-hybridized carbons (Fsp3) is 0.526. The molecule has 0 bridgehead atoms. The van der Waals surface area contributed by atoms with Gasteiger partial charge < -0.3 is 9.34 Å². The maximum atomic E-state index is 2.80. The van der Waals surface area contributed by atoms with Crippen LogP contribution >= 0.6 is 15.1 Å². The molecule has 0 fully saturated rings.